The number of nitrogens with two attached hydrogens (primary N) is 1. The van der Waals surface area contributed by atoms with Gasteiger partial charge in [0.25, 0.3) is 0 Å². The lowest BCUT2D eigenvalue weighted by Gasteiger charge is -2.05. The molecule has 3 N–H and O–H groups in total. The third-order valence-electron chi connectivity index (χ3n) is 2.49. The Morgan fingerprint density at radius 2 is 2.16 bits per heavy atom. The largest absolute Gasteiger partial charge is 0.462 e. The van der Waals surface area contributed by atoms with Crippen molar-refractivity contribution in [1.29, 1.82) is 0 Å². The summed E-state index contributed by atoms with van der Waals surface area (Å²) in [4.78, 5) is 24.5. The lowest BCUT2D eigenvalue weighted by Crippen LogP contribution is -2.15. The van der Waals surface area contributed by atoms with Crippen molar-refractivity contribution >= 4 is 28.2 Å². The minimum absolute atomic E-state index is 0.125. The van der Waals surface area contributed by atoms with Crippen LogP contribution < -0.4 is 11.1 Å². The molecule has 0 atom stereocenters. The molecule has 0 aliphatic carbocycles. The number of carbonyl (C=O) groups is 2. The first-order chi connectivity index (χ1) is 9.12. The van der Waals surface area contributed by atoms with Crippen LogP contribution >= 0.6 is 11.3 Å². The fraction of sp³-hybridized carbons (Fsp3) is 0.538. The topological polar surface area (TPSA) is 81.4 Å². The fourth-order valence-corrected chi connectivity index (χ4v) is 2.52. The van der Waals surface area contributed by atoms with E-state index < -0.39 is 5.97 Å². The molecular formula is C13H20N2O3S. The Morgan fingerprint density at radius 1 is 1.42 bits per heavy atom. The molecule has 0 aliphatic heterocycles. The van der Waals surface area contributed by atoms with Crippen molar-refractivity contribution in [2.75, 3.05) is 18.5 Å². The van der Waals surface area contributed by atoms with Gasteiger partial charge in [0.15, 0.2) is 0 Å². The highest BCUT2D eigenvalue weighted by Crippen LogP contribution is 2.29. The number of ether oxygens (including phenoxy) is 1. The molecule has 0 aliphatic rings. The molecule has 1 amide bonds. The van der Waals surface area contributed by atoms with Gasteiger partial charge in [-0.2, -0.15) is 0 Å². The Kier molecular flexibility index (Phi) is 6.52. The number of rotatable bonds is 7. The van der Waals surface area contributed by atoms with Gasteiger partial charge in [0.05, 0.1) is 12.2 Å². The average molecular weight is 284 g/mol. The maximum absolute atomic E-state index is 11.8. The average Bonchev–Trinajstić information content (AvgIpc) is 2.79. The van der Waals surface area contributed by atoms with Crippen molar-refractivity contribution in [3.63, 3.8) is 0 Å². The molecular weight excluding hydrogens is 264 g/mol. The van der Waals surface area contributed by atoms with E-state index in [1.807, 2.05) is 6.92 Å². The number of anilines is 1. The second-order valence-corrected chi connectivity index (χ2v) is 5.11. The van der Waals surface area contributed by atoms with E-state index in [1.165, 1.54) is 11.3 Å². The molecule has 0 saturated carbocycles. The molecule has 0 radical (unpaired) electrons. The molecule has 0 spiro atoms. The van der Waals surface area contributed by atoms with Crippen LogP contribution in [0.1, 0.15) is 41.9 Å². The van der Waals surface area contributed by atoms with Crippen LogP contribution in [0.25, 0.3) is 0 Å². The van der Waals surface area contributed by atoms with E-state index in [9.17, 15) is 9.59 Å². The molecule has 6 heteroatoms. The second kappa shape index (κ2) is 7.91. The third kappa shape index (κ3) is 4.65. The van der Waals surface area contributed by atoms with Crippen LogP contribution in [-0.4, -0.2) is 25.0 Å². The molecule has 0 saturated heterocycles. The highest BCUT2D eigenvalue weighted by atomic mass is 32.1. The van der Waals surface area contributed by atoms with E-state index >= 15 is 0 Å². The summed E-state index contributed by atoms with van der Waals surface area (Å²) in [6.07, 6.45) is 1.81. The van der Waals surface area contributed by atoms with Crippen LogP contribution in [0.4, 0.5) is 5.00 Å². The first kappa shape index (κ1) is 15.7. The number of hydrogen-bond acceptors (Lipinski definition) is 5. The van der Waals surface area contributed by atoms with Crippen LogP contribution in [0.15, 0.2) is 6.07 Å². The maximum Gasteiger partial charge on any atom is 0.341 e. The van der Waals surface area contributed by atoms with E-state index in [0.717, 1.165) is 11.3 Å². The Labute approximate surface area is 117 Å². The Morgan fingerprint density at radius 3 is 2.74 bits per heavy atom. The summed E-state index contributed by atoms with van der Waals surface area (Å²) < 4.78 is 4.99. The van der Waals surface area contributed by atoms with Crippen LogP contribution in [-0.2, 0) is 16.0 Å². The summed E-state index contributed by atoms with van der Waals surface area (Å²) in [7, 11) is 0. The third-order valence-corrected chi connectivity index (χ3v) is 3.68. The lowest BCUT2D eigenvalue weighted by atomic mass is 10.2. The van der Waals surface area contributed by atoms with Crippen molar-refractivity contribution in [2.45, 2.75) is 33.1 Å². The van der Waals surface area contributed by atoms with Crippen LogP contribution in [0, 0.1) is 0 Å². The van der Waals surface area contributed by atoms with Gasteiger partial charge in [-0.25, -0.2) is 4.79 Å². The monoisotopic (exact) mass is 284 g/mol. The molecule has 0 aromatic carbocycles. The van der Waals surface area contributed by atoms with Crippen molar-refractivity contribution in [3.8, 4) is 0 Å². The van der Waals surface area contributed by atoms with Gasteiger partial charge in [-0.05, 0) is 32.4 Å². The van der Waals surface area contributed by atoms with Gasteiger partial charge < -0.3 is 15.8 Å². The van der Waals surface area contributed by atoms with Gasteiger partial charge in [-0.3, -0.25) is 4.79 Å². The van der Waals surface area contributed by atoms with Crippen molar-refractivity contribution < 1.29 is 14.3 Å². The van der Waals surface area contributed by atoms with Crippen molar-refractivity contribution in [1.82, 2.24) is 0 Å². The molecule has 19 heavy (non-hydrogen) atoms. The molecule has 0 fully saturated rings. The van der Waals surface area contributed by atoms with Crippen LogP contribution in [0.3, 0.4) is 0 Å². The standard InChI is InChI=1S/C13H20N2O3S/c1-3-9-8-10(13(17)18-4-2)12(19-9)15-11(16)6-5-7-14/h8H,3-7,14H2,1-2H3,(H,15,16). The summed E-state index contributed by atoms with van der Waals surface area (Å²) in [6.45, 7) is 4.55. The molecule has 106 valence electrons. The Bertz CT molecular complexity index is 443. The number of aryl methyl sites for hydroxylation is 1. The number of thiophene rings is 1. The zero-order valence-corrected chi connectivity index (χ0v) is 12.1. The highest BCUT2D eigenvalue weighted by molar-refractivity contribution is 7.16. The van der Waals surface area contributed by atoms with Crippen molar-refractivity contribution in [2.24, 2.45) is 5.73 Å². The van der Waals surface area contributed by atoms with Gasteiger partial charge in [0.1, 0.15) is 5.00 Å². The van der Waals surface area contributed by atoms with Gasteiger partial charge >= 0.3 is 5.97 Å². The molecule has 1 rings (SSSR count). The van der Waals surface area contributed by atoms with E-state index in [1.54, 1.807) is 13.0 Å². The number of hydrogen-bond donors (Lipinski definition) is 2. The van der Waals surface area contributed by atoms with Gasteiger partial charge in [0, 0.05) is 11.3 Å². The van der Waals surface area contributed by atoms with E-state index in [-0.39, 0.29) is 5.91 Å². The summed E-state index contributed by atoms with van der Waals surface area (Å²) in [6, 6.07) is 1.78. The molecule has 1 aromatic heterocycles. The van der Waals surface area contributed by atoms with E-state index in [0.29, 0.717) is 36.6 Å². The molecule has 0 bridgehead atoms. The van der Waals surface area contributed by atoms with Gasteiger partial charge in [-0.1, -0.05) is 6.92 Å². The minimum Gasteiger partial charge on any atom is -0.462 e. The Hall–Kier alpha value is -1.40. The smallest absolute Gasteiger partial charge is 0.341 e. The second-order valence-electron chi connectivity index (χ2n) is 3.97. The van der Waals surface area contributed by atoms with Crippen molar-refractivity contribution in [3.05, 3.63) is 16.5 Å². The fourth-order valence-electron chi connectivity index (χ4n) is 1.52. The Balaban J connectivity index is 2.82. The summed E-state index contributed by atoms with van der Waals surface area (Å²) >= 11 is 1.41. The molecule has 5 nitrogen and oxygen atoms in total. The summed E-state index contributed by atoms with van der Waals surface area (Å²) in [5.74, 6) is -0.520. The molecule has 1 heterocycles. The summed E-state index contributed by atoms with van der Waals surface area (Å²) in [5, 5.41) is 3.33. The molecule has 1 aromatic rings. The summed E-state index contributed by atoms with van der Waals surface area (Å²) in [5.41, 5.74) is 5.80. The number of carbonyl (C=O) groups excluding carboxylic acids is 2. The maximum atomic E-state index is 11.8. The molecule has 0 unspecified atom stereocenters. The zero-order chi connectivity index (χ0) is 14.3. The van der Waals surface area contributed by atoms with Gasteiger partial charge in [0.2, 0.25) is 5.91 Å². The predicted octanol–water partition coefficient (Wildman–Crippen LogP) is 2.16. The number of esters is 1. The minimum atomic E-state index is -0.396. The van der Waals surface area contributed by atoms with E-state index in [2.05, 4.69) is 5.32 Å². The van der Waals surface area contributed by atoms with Crippen LogP contribution in [0.2, 0.25) is 0 Å². The first-order valence-corrected chi connectivity index (χ1v) is 7.23. The SMILES string of the molecule is CCOC(=O)c1cc(CC)sc1NC(=O)CCCN. The zero-order valence-electron chi connectivity index (χ0n) is 11.3. The first-order valence-electron chi connectivity index (χ1n) is 6.42. The quantitative estimate of drug-likeness (QED) is 0.752. The van der Waals surface area contributed by atoms with Crippen LogP contribution in [0.5, 0.6) is 0 Å². The normalized spacial score (nSPS) is 10.3. The lowest BCUT2D eigenvalue weighted by molar-refractivity contribution is -0.116. The van der Waals surface area contributed by atoms with E-state index in [4.69, 9.17) is 10.5 Å². The predicted molar refractivity (Wildman–Crippen MR) is 76.6 cm³/mol. The highest BCUT2D eigenvalue weighted by Gasteiger charge is 2.18. The number of nitrogens with one attached hydrogen (secondary N) is 1. The van der Waals surface area contributed by atoms with Gasteiger partial charge in [-0.15, -0.1) is 11.3 Å². The number of amides is 1.